The summed E-state index contributed by atoms with van der Waals surface area (Å²) in [6, 6.07) is 15.1. The van der Waals surface area contributed by atoms with Crippen molar-refractivity contribution in [2.45, 2.75) is 6.92 Å². The molecule has 3 nitrogen and oxygen atoms in total. The molecule has 0 atom stereocenters. The van der Waals surface area contributed by atoms with Crippen LogP contribution in [-0.2, 0) is 0 Å². The molecule has 0 aliphatic carbocycles. The van der Waals surface area contributed by atoms with E-state index in [2.05, 4.69) is 0 Å². The van der Waals surface area contributed by atoms with Gasteiger partial charge in [0, 0.05) is 0 Å². The fraction of sp³-hybridized carbons (Fsp3) is 0.0769. The summed E-state index contributed by atoms with van der Waals surface area (Å²) in [7, 11) is 0. The van der Waals surface area contributed by atoms with Crippen LogP contribution >= 0.6 is 0 Å². The third-order valence-electron chi connectivity index (χ3n) is 2.31. The normalized spacial score (nSPS) is 10.2. The van der Waals surface area contributed by atoms with Crippen molar-refractivity contribution < 1.29 is 4.92 Å². The third kappa shape index (κ3) is 2.93. The molecule has 0 radical (unpaired) electrons. The number of hydrogen-bond acceptors (Lipinski definition) is 2. The number of aryl methyl sites for hydroxylation is 1. The Morgan fingerprint density at radius 1 is 1.06 bits per heavy atom. The maximum atomic E-state index is 10.9. The van der Waals surface area contributed by atoms with Crippen LogP contribution in [0.1, 0.15) is 5.56 Å². The van der Waals surface area contributed by atoms with Crippen LogP contribution in [0.5, 0.6) is 0 Å². The summed E-state index contributed by atoms with van der Waals surface area (Å²) in [5.41, 5.74) is 1.42. The first-order valence-corrected chi connectivity index (χ1v) is 6.86. The van der Waals surface area contributed by atoms with Crippen molar-refractivity contribution in [1.82, 2.24) is 0 Å². The van der Waals surface area contributed by atoms with Crippen LogP contribution in [0.4, 0.5) is 5.69 Å². The van der Waals surface area contributed by atoms with Gasteiger partial charge in [-0.2, -0.15) is 0 Å². The number of nitro groups is 1. The van der Waals surface area contributed by atoms with Gasteiger partial charge >= 0.3 is 106 Å². The van der Waals surface area contributed by atoms with Crippen LogP contribution in [0.2, 0.25) is 0 Å². The van der Waals surface area contributed by atoms with Gasteiger partial charge in [-0.3, -0.25) is 0 Å². The minimum atomic E-state index is -0.314. The SMILES string of the molecule is Cc1ccc([Se]c2ccccc2[N+](=O)[O-])cc1. The molecule has 2 aromatic carbocycles. The molecule has 4 heteroatoms. The molecule has 0 saturated heterocycles. The van der Waals surface area contributed by atoms with Gasteiger partial charge in [-0.05, 0) is 0 Å². The van der Waals surface area contributed by atoms with Gasteiger partial charge in [0.1, 0.15) is 0 Å². The van der Waals surface area contributed by atoms with Crippen molar-refractivity contribution in [2.75, 3.05) is 0 Å². The molecule has 0 saturated carbocycles. The van der Waals surface area contributed by atoms with E-state index in [4.69, 9.17) is 0 Å². The van der Waals surface area contributed by atoms with Crippen molar-refractivity contribution >= 4 is 29.6 Å². The summed E-state index contributed by atoms with van der Waals surface area (Å²) in [5.74, 6) is 0. The van der Waals surface area contributed by atoms with Crippen molar-refractivity contribution in [1.29, 1.82) is 0 Å². The molecular weight excluding hydrogens is 281 g/mol. The van der Waals surface area contributed by atoms with E-state index < -0.39 is 0 Å². The average Bonchev–Trinajstić information content (AvgIpc) is 2.32. The first kappa shape index (κ1) is 11.8. The summed E-state index contributed by atoms with van der Waals surface area (Å²) < 4.78 is 1.96. The van der Waals surface area contributed by atoms with Gasteiger partial charge in [-0.15, -0.1) is 0 Å². The van der Waals surface area contributed by atoms with Gasteiger partial charge in [0.15, 0.2) is 0 Å². The predicted molar refractivity (Wildman–Crippen MR) is 69.3 cm³/mol. The summed E-state index contributed by atoms with van der Waals surface area (Å²) in [4.78, 5) is 10.6. The molecule has 0 fully saturated rings. The maximum absolute atomic E-state index is 10.9. The second-order valence-electron chi connectivity index (χ2n) is 3.64. The molecule has 0 aliphatic heterocycles. The van der Waals surface area contributed by atoms with Gasteiger partial charge in [-0.1, -0.05) is 0 Å². The van der Waals surface area contributed by atoms with Gasteiger partial charge in [0.25, 0.3) is 0 Å². The van der Waals surface area contributed by atoms with E-state index >= 15 is 0 Å². The van der Waals surface area contributed by atoms with E-state index in [0.29, 0.717) is 0 Å². The first-order valence-electron chi connectivity index (χ1n) is 5.15. The fourth-order valence-corrected chi connectivity index (χ4v) is 3.36. The van der Waals surface area contributed by atoms with E-state index in [-0.39, 0.29) is 25.6 Å². The Morgan fingerprint density at radius 3 is 2.35 bits per heavy atom. The molecule has 0 aliphatic rings. The molecule has 0 bridgehead atoms. The molecule has 17 heavy (non-hydrogen) atoms. The Morgan fingerprint density at radius 2 is 1.71 bits per heavy atom. The first-order chi connectivity index (χ1) is 8.16. The minimum absolute atomic E-state index is 0.0165. The van der Waals surface area contributed by atoms with Gasteiger partial charge < -0.3 is 0 Å². The standard InChI is InChI=1S/C13H11NO2Se/c1-10-6-8-11(9-7-10)17-13-5-3-2-4-12(13)14(15)16/h2-9H,1H3. The molecule has 0 N–H and O–H groups in total. The number of para-hydroxylation sites is 1. The number of nitrogens with zero attached hydrogens (tertiary/aromatic N) is 1. The van der Waals surface area contributed by atoms with Crippen molar-refractivity contribution in [3.05, 3.63) is 64.2 Å². The second-order valence-corrected chi connectivity index (χ2v) is 5.98. The van der Waals surface area contributed by atoms with Gasteiger partial charge in [0.2, 0.25) is 0 Å². The zero-order valence-electron chi connectivity index (χ0n) is 9.29. The van der Waals surface area contributed by atoms with Crippen LogP contribution in [-0.4, -0.2) is 19.9 Å². The number of hydrogen-bond donors (Lipinski definition) is 0. The topological polar surface area (TPSA) is 43.1 Å². The van der Waals surface area contributed by atoms with Gasteiger partial charge in [-0.25, -0.2) is 0 Å². The van der Waals surface area contributed by atoms with Crippen molar-refractivity contribution in [3.8, 4) is 0 Å². The zero-order chi connectivity index (χ0) is 12.3. The van der Waals surface area contributed by atoms with Gasteiger partial charge in [0.05, 0.1) is 0 Å². The van der Waals surface area contributed by atoms with Crippen LogP contribution in [0.15, 0.2) is 48.5 Å². The summed E-state index contributed by atoms with van der Waals surface area (Å²) in [6.07, 6.45) is 0. The number of nitro benzene ring substituents is 1. The van der Waals surface area contributed by atoms with E-state index in [0.717, 1.165) is 8.92 Å². The Balaban J connectivity index is 2.30. The van der Waals surface area contributed by atoms with Crippen LogP contribution in [0.25, 0.3) is 0 Å². The number of benzene rings is 2. The van der Waals surface area contributed by atoms with Crippen molar-refractivity contribution in [2.24, 2.45) is 0 Å². The Bertz CT molecular complexity index is 537. The second kappa shape index (κ2) is 5.13. The third-order valence-corrected chi connectivity index (χ3v) is 4.56. The predicted octanol–water partition coefficient (Wildman–Crippen LogP) is 1.56. The summed E-state index contributed by atoms with van der Waals surface area (Å²) in [5, 5.41) is 10.9. The van der Waals surface area contributed by atoms with E-state index in [9.17, 15) is 10.1 Å². The molecule has 0 unspecified atom stereocenters. The van der Waals surface area contributed by atoms with Crippen molar-refractivity contribution in [3.63, 3.8) is 0 Å². The average molecular weight is 292 g/mol. The Hall–Kier alpha value is -1.64. The molecule has 86 valence electrons. The Kier molecular flexibility index (Phi) is 3.57. The molecule has 2 rings (SSSR count). The van der Waals surface area contributed by atoms with Crippen LogP contribution < -0.4 is 8.92 Å². The summed E-state index contributed by atoms with van der Waals surface area (Å²) >= 11 is -0.0165. The monoisotopic (exact) mass is 293 g/mol. The fourth-order valence-electron chi connectivity index (χ4n) is 1.43. The van der Waals surface area contributed by atoms with Crippen LogP contribution in [0.3, 0.4) is 0 Å². The molecule has 0 aromatic heterocycles. The Labute approximate surface area is 106 Å². The molecule has 0 amide bonds. The van der Waals surface area contributed by atoms with Crippen LogP contribution in [0, 0.1) is 17.0 Å². The van der Waals surface area contributed by atoms with E-state index in [1.165, 1.54) is 5.56 Å². The number of rotatable bonds is 3. The quantitative estimate of drug-likeness (QED) is 0.489. The van der Waals surface area contributed by atoms with E-state index in [1.807, 2.05) is 43.3 Å². The molecule has 2 aromatic rings. The molecular formula is C13H11NO2Se. The van der Waals surface area contributed by atoms with E-state index in [1.54, 1.807) is 12.1 Å². The molecule has 0 spiro atoms. The summed E-state index contributed by atoms with van der Waals surface area (Å²) in [6.45, 7) is 2.03. The zero-order valence-corrected chi connectivity index (χ0v) is 11.0. The molecule has 0 heterocycles.